The lowest BCUT2D eigenvalue weighted by Gasteiger charge is -2.02. The smallest absolute Gasteiger partial charge is 0.189 e. The minimum atomic E-state index is 0.531. The Bertz CT molecular complexity index is 485. The monoisotopic (exact) mass is 224 g/mol. The summed E-state index contributed by atoms with van der Waals surface area (Å²) in [6.45, 7) is 2.03. The summed E-state index contributed by atoms with van der Waals surface area (Å²) in [5, 5.41) is 2.17. The maximum Gasteiger partial charge on any atom is 0.189 e. The second-order valence-corrected chi connectivity index (χ2v) is 4.15. The average molecular weight is 225 g/mol. The van der Waals surface area contributed by atoms with Crippen LogP contribution in [-0.4, -0.2) is 16.2 Å². The molecule has 1 aromatic carbocycles. The van der Waals surface area contributed by atoms with Crippen LogP contribution in [0.4, 0.5) is 0 Å². The molecule has 2 nitrogen and oxygen atoms in total. The fourth-order valence-corrected chi connectivity index (χ4v) is 1.93. The second kappa shape index (κ2) is 3.75. The first-order valence-corrected chi connectivity index (χ1v) is 5.79. The highest BCUT2D eigenvalue weighted by atomic mass is 35.5. The van der Waals surface area contributed by atoms with Gasteiger partial charge in [-0.15, -0.1) is 0 Å². The predicted molar refractivity (Wildman–Crippen MR) is 61.1 cm³/mol. The summed E-state index contributed by atoms with van der Waals surface area (Å²) in [7, 11) is 0. The van der Waals surface area contributed by atoms with Gasteiger partial charge in [-0.3, -0.25) is 0 Å². The SMILES string of the molecule is CSc1nc(Cl)c2cc(C)ccc2n1. The average Bonchev–Trinajstić information content (AvgIpc) is 2.19. The lowest BCUT2D eigenvalue weighted by Crippen LogP contribution is -1.89. The minimum absolute atomic E-state index is 0.531. The molecule has 1 heterocycles. The molecule has 2 aromatic rings. The van der Waals surface area contributed by atoms with Crippen molar-refractivity contribution in [3.05, 3.63) is 28.9 Å². The van der Waals surface area contributed by atoms with Gasteiger partial charge in [0.1, 0.15) is 5.15 Å². The van der Waals surface area contributed by atoms with E-state index >= 15 is 0 Å². The number of rotatable bonds is 1. The van der Waals surface area contributed by atoms with Crippen molar-refractivity contribution in [1.82, 2.24) is 9.97 Å². The van der Waals surface area contributed by atoms with Crippen LogP contribution in [0.25, 0.3) is 10.9 Å². The van der Waals surface area contributed by atoms with Gasteiger partial charge in [0, 0.05) is 5.39 Å². The van der Waals surface area contributed by atoms with Crippen molar-refractivity contribution in [2.75, 3.05) is 6.26 Å². The third kappa shape index (κ3) is 1.70. The van der Waals surface area contributed by atoms with Crippen LogP contribution in [0.5, 0.6) is 0 Å². The van der Waals surface area contributed by atoms with Crippen LogP contribution in [-0.2, 0) is 0 Å². The Morgan fingerprint density at radius 3 is 2.79 bits per heavy atom. The van der Waals surface area contributed by atoms with E-state index < -0.39 is 0 Å². The molecule has 2 rings (SSSR count). The van der Waals surface area contributed by atoms with Crippen LogP contribution in [0.1, 0.15) is 5.56 Å². The lowest BCUT2D eigenvalue weighted by atomic mass is 10.2. The molecule has 1 aromatic heterocycles. The Hall–Kier alpha value is -0.800. The normalized spacial score (nSPS) is 10.8. The Labute approximate surface area is 91.7 Å². The molecule has 0 saturated heterocycles. The molecule has 0 aliphatic heterocycles. The molecule has 0 unspecified atom stereocenters. The van der Waals surface area contributed by atoms with Gasteiger partial charge in [0.05, 0.1) is 5.52 Å². The molecule has 0 saturated carbocycles. The van der Waals surface area contributed by atoms with Crippen molar-refractivity contribution in [3.8, 4) is 0 Å². The number of nitrogens with zero attached hydrogens (tertiary/aromatic N) is 2. The zero-order valence-electron chi connectivity index (χ0n) is 7.91. The van der Waals surface area contributed by atoms with Gasteiger partial charge in [-0.1, -0.05) is 35.0 Å². The number of hydrogen-bond donors (Lipinski definition) is 0. The first-order chi connectivity index (χ1) is 6.70. The quantitative estimate of drug-likeness (QED) is 0.422. The van der Waals surface area contributed by atoms with Gasteiger partial charge in [0.25, 0.3) is 0 Å². The summed E-state index contributed by atoms with van der Waals surface area (Å²) >= 11 is 7.54. The van der Waals surface area contributed by atoms with E-state index in [0.29, 0.717) is 10.3 Å². The molecular formula is C10H9ClN2S. The Morgan fingerprint density at radius 1 is 1.29 bits per heavy atom. The predicted octanol–water partition coefficient (Wildman–Crippen LogP) is 3.31. The lowest BCUT2D eigenvalue weighted by molar-refractivity contribution is 1.01. The van der Waals surface area contributed by atoms with Crippen molar-refractivity contribution in [3.63, 3.8) is 0 Å². The number of hydrogen-bond acceptors (Lipinski definition) is 3. The van der Waals surface area contributed by atoms with Crippen molar-refractivity contribution in [1.29, 1.82) is 0 Å². The Balaban J connectivity index is 2.76. The highest BCUT2D eigenvalue weighted by Gasteiger charge is 2.04. The second-order valence-electron chi connectivity index (χ2n) is 3.02. The zero-order chi connectivity index (χ0) is 10.1. The van der Waals surface area contributed by atoms with Gasteiger partial charge in [0.15, 0.2) is 5.16 Å². The molecule has 0 atom stereocenters. The van der Waals surface area contributed by atoms with E-state index in [1.54, 1.807) is 0 Å². The highest BCUT2D eigenvalue weighted by molar-refractivity contribution is 7.98. The van der Waals surface area contributed by atoms with E-state index in [1.807, 2.05) is 31.4 Å². The first kappa shape index (κ1) is 9.74. The Kier molecular flexibility index (Phi) is 2.61. The molecule has 72 valence electrons. The maximum absolute atomic E-state index is 6.05. The van der Waals surface area contributed by atoms with Gasteiger partial charge >= 0.3 is 0 Å². The van der Waals surface area contributed by atoms with Crippen LogP contribution in [0.15, 0.2) is 23.4 Å². The summed E-state index contributed by atoms with van der Waals surface area (Å²) in [6.07, 6.45) is 1.94. The molecule has 0 aliphatic rings. The summed E-state index contributed by atoms with van der Waals surface area (Å²) in [5.74, 6) is 0. The number of thioether (sulfide) groups is 1. The fraction of sp³-hybridized carbons (Fsp3) is 0.200. The van der Waals surface area contributed by atoms with Gasteiger partial charge in [-0.2, -0.15) is 0 Å². The molecular weight excluding hydrogens is 216 g/mol. The summed E-state index contributed by atoms with van der Waals surface area (Å²) in [6, 6.07) is 6.00. The van der Waals surface area contributed by atoms with E-state index in [9.17, 15) is 0 Å². The largest absolute Gasteiger partial charge is 0.222 e. The molecule has 0 fully saturated rings. The zero-order valence-corrected chi connectivity index (χ0v) is 9.49. The minimum Gasteiger partial charge on any atom is -0.222 e. The van der Waals surface area contributed by atoms with Crippen molar-refractivity contribution in [2.24, 2.45) is 0 Å². The molecule has 14 heavy (non-hydrogen) atoms. The topological polar surface area (TPSA) is 25.8 Å². The number of aromatic nitrogens is 2. The maximum atomic E-state index is 6.05. The molecule has 0 N–H and O–H groups in total. The van der Waals surface area contributed by atoms with E-state index in [4.69, 9.17) is 11.6 Å². The van der Waals surface area contributed by atoms with Gasteiger partial charge in [-0.05, 0) is 25.3 Å². The highest BCUT2D eigenvalue weighted by Crippen LogP contribution is 2.23. The molecule has 0 bridgehead atoms. The van der Waals surface area contributed by atoms with Crippen LogP contribution >= 0.6 is 23.4 Å². The number of benzene rings is 1. The standard InChI is InChI=1S/C10H9ClN2S/c1-6-3-4-8-7(5-6)9(11)13-10(12-8)14-2/h3-5H,1-2H3. The first-order valence-electron chi connectivity index (χ1n) is 4.18. The Morgan fingerprint density at radius 2 is 2.07 bits per heavy atom. The van der Waals surface area contributed by atoms with E-state index in [0.717, 1.165) is 10.9 Å². The molecule has 0 aliphatic carbocycles. The molecule has 0 radical (unpaired) electrons. The molecule has 0 spiro atoms. The van der Waals surface area contributed by atoms with Crippen molar-refractivity contribution >= 4 is 34.3 Å². The summed E-state index contributed by atoms with van der Waals surface area (Å²) < 4.78 is 0. The van der Waals surface area contributed by atoms with Gasteiger partial charge < -0.3 is 0 Å². The van der Waals surface area contributed by atoms with Crippen LogP contribution in [0.3, 0.4) is 0 Å². The number of aryl methyl sites for hydroxylation is 1. The third-order valence-electron chi connectivity index (χ3n) is 1.97. The van der Waals surface area contributed by atoms with Crippen molar-refractivity contribution in [2.45, 2.75) is 12.1 Å². The van der Waals surface area contributed by atoms with E-state index in [2.05, 4.69) is 9.97 Å². The number of halogens is 1. The van der Waals surface area contributed by atoms with E-state index in [1.165, 1.54) is 17.3 Å². The molecule has 4 heteroatoms. The third-order valence-corrected chi connectivity index (χ3v) is 2.80. The molecule has 0 amide bonds. The van der Waals surface area contributed by atoms with Crippen LogP contribution in [0.2, 0.25) is 5.15 Å². The van der Waals surface area contributed by atoms with Crippen LogP contribution < -0.4 is 0 Å². The van der Waals surface area contributed by atoms with Gasteiger partial charge in [0.2, 0.25) is 0 Å². The van der Waals surface area contributed by atoms with Crippen molar-refractivity contribution < 1.29 is 0 Å². The summed E-state index contributed by atoms with van der Waals surface area (Å²) in [5.41, 5.74) is 2.07. The van der Waals surface area contributed by atoms with Gasteiger partial charge in [-0.25, -0.2) is 9.97 Å². The fourth-order valence-electron chi connectivity index (χ4n) is 1.28. The van der Waals surface area contributed by atoms with Crippen LogP contribution in [0, 0.1) is 6.92 Å². The summed E-state index contributed by atoms with van der Waals surface area (Å²) in [4.78, 5) is 8.54. The number of fused-ring (bicyclic) bond motifs is 1. The van der Waals surface area contributed by atoms with E-state index in [-0.39, 0.29) is 0 Å².